The van der Waals surface area contributed by atoms with Crippen LogP contribution in [-0.4, -0.2) is 18.5 Å². The Labute approximate surface area is 99.2 Å². The normalized spacial score (nSPS) is 25.6. The minimum absolute atomic E-state index is 0.177. The fourth-order valence-corrected chi connectivity index (χ4v) is 2.68. The van der Waals surface area contributed by atoms with Gasteiger partial charge in [0, 0.05) is 12.5 Å². The van der Waals surface area contributed by atoms with Gasteiger partial charge in [0.2, 0.25) is 5.91 Å². The fourth-order valence-electron chi connectivity index (χ4n) is 2.68. The highest BCUT2D eigenvalue weighted by Crippen LogP contribution is 2.26. The van der Waals surface area contributed by atoms with Crippen molar-refractivity contribution >= 4 is 5.91 Å². The van der Waals surface area contributed by atoms with Crippen molar-refractivity contribution in [2.24, 2.45) is 11.7 Å². The van der Waals surface area contributed by atoms with Gasteiger partial charge in [0.05, 0.1) is 0 Å². The third-order valence-electron chi connectivity index (χ3n) is 3.69. The van der Waals surface area contributed by atoms with Crippen LogP contribution in [0.15, 0.2) is 0 Å². The molecule has 0 bridgehead atoms. The SMILES string of the molecule is CCC1CCCCC1NCCCCC(N)=O. The van der Waals surface area contributed by atoms with Gasteiger partial charge >= 0.3 is 0 Å². The molecule has 16 heavy (non-hydrogen) atoms. The molecule has 0 aromatic rings. The summed E-state index contributed by atoms with van der Waals surface area (Å²) in [5, 5.41) is 3.64. The van der Waals surface area contributed by atoms with E-state index in [1.807, 2.05) is 0 Å². The summed E-state index contributed by atoms with van der Waals surface area (Å²) in [4.78, 5) is 10.6. The summed E-state index contributed by atoms with van der Waals surface area (Å²) in [5.74, 6) is 0.689. The lowest BCUT2D eigenvalue weighted by Gasteiger charge is -2.31. The van der Waals surface area contributed by atoms with Crippen LogP contribution in [0.2, 0.25) is 0 Å². The molecule has 0 saturated heterocycles. The van der Waals surface area contributed by atoms with Crippen molar-refractivity contribution in [2.75, 3.05) is 6.54 Å². The number of rotatable bonds is 7. The second-order valence-electron chi connectivity index (χ2n) is 4.94. The van der Waals surface area contributed by atoms with Gasteiger partial charge in [-0.3, -0.25) is 4.79 Å². The number of nitrogens with one attached hydrogen (secondary N) is 1. The molecule has 1 saturated carbocycles. The Morgan fingerprint density at radius 3 is 2.75 bits per heavy atom. The van der Waals surface area contributed by atoms with Gasteiger partial charge < -0.3 is 11.1 Å². The van der Waals surface area contributed by atoms with Gasteiger partial charge in [-0.1, -0.05) is 26.2 Å². The molecular weight excluding hydrogens is 200 g/mol. The van der Waals surface area contributed by atoms with Gasteiger partial charge in [-0.15, -0.1) is 0 Å². The number of amides is 1. The van der Waals surface area contributed by atoms with E-state index >= 15 is 0 Å². The van der Waals surface area contributed by atoms with Gasteiger partial charge in [0.25, 0.3) is 0 Å². The molecule has 1 aliphatic rings. The van der Waals surface area contributed by atoms with Crippen molar-refractivity contribution in [3.8, 4) is 0 Å². The van der Waals surface area contributed by atoms with Crippen molar-refractivity contribution in [3.05, 3.63) is 0 Å². The summed E-state index contributed by atoms with van der Waals surface area (Å²) < 4.78 is 0. The lowest BCUT2D eigenvalue weighted by molar-refractivity contribution is -0.118. The zero-order valence-corrected chi connectivity index (χ0v) is 10.5. The lowest BCUT2D eigenvalue weighted by atomic mass is 9.83. The molecule has 1 fully saturated rings. The second-order valence-corrected chi connectivity index (χ2v) is 4.94. The maximum absolute atomic E-state index is 10.6. The standard InChI is InChI=1S/C13H26N2O/c1-2-11-7-3-4-8-12(11)15-10-6-5-9-13(14)16/h11-12,15H,2-10H2,1H3,(H2,14,16). The van der Waals surface area contributed by atoms with E-state index in [9.17, 15) is 4.79 Å². The molecule has 1 rings (SSSR count). The van der Waals surface area contributed by atoms with E-state index in [4.69, 9.17) is 5.73 Å². The van der Waals surface area contributed by atoms with Crippen molar-refractivity contribution < 1.29 is 4.79 Å². The van der Waals surface area contributed by atoms with E-state index in [0.717, 1.165) is 25.3 Å². The van der Waals surface area contributed by atoms with Gasteiger partial charge in [-0.2, -0.15) is 0 Å². The predicted molar refractivity (Wildman–Crippen MR) is 67.1 cm³/mol. The van der Waals surface area contributed by atoms with Gasteiger partial charge in [-0.25, -0.2) is 0 Å². The van der Waals surface area contributed by atoms with Crippen LogP contribution < -0.4 is 11.1 Å². The molecule has 94 valence electrons. The van der Waals surface area contributed by atoms with Crippen LogP contribution >= 0.6 is 0 Å². The first-order valence-electron chi connectivity index (χ1n) is 6.75. The van der Waals surface area contributed by atoms with E-state index in [0.29, 0.717) is 12.5 Å². The summed E-state index contributed by atoms with van der Waals surface area (Å²) >= 11 is 0. The van der Waals surface area contributed by atoms with Crippen molar-refractivity contribution in [2.45, 2.75) is 64.3 Å². The van der Waals surface area contributed by atoms with Crippen molar-refractivity contribution in [1.29, 1.82) is 0 Å². The zero-order chi connectivity index (χ0) is 11.8. The van der Waals surface area contributed by atoms with E-state index in [-0.39, 0.29) is 5.91 Å². The van der Waals surface area contributed by atoms with Crippen LogP contribution in [0, 0.1) is 5.92 Å². The van der Waals surface area contributed by atoms with Crippen LogP contribution in [0.1, 0.15) is 58.3 Å². The molecule has 0 heterocycles. The Kier molecular flexibility index (Phi) is 6.46. The molecule has 2 atom stereocenters. The topological polar surface area (TPSA) is 55.1 Å². The van der Waals surface area contributed by atoms with Gasteiger partial charge in [0.15, 0.2) is 0 Å². The van der Waals surface area contributed by atoms with Crippen LogP contribution in [-0.2, 0) is 4.79 Å². The van der Waals surface area contributed by atoms with E-state index in [1.54, 1.807) is 0 Å². The molecule has 0 aromatic heterocycles. The summed E-state index contributed by atoms with van der Waals surface area (Å²) in [6.07, 6.45) is 9.29. The molecular formula is C13H26N2O. The molecule has 2 unspecified atom stereocenters. The molecule has 0 spiro atoms. The third kappa shape index (κ3) is 4.97. The molecule has 3 N–H and O–H groups in total. The number of unbranched alkanes of at least 4 members (excludes halogenated alkanes) is 1. The maximum Gasteiger partial charge on any atom is 0.217 e. The Bertz CT molecular complexity index is 206. The first-order valence-corrected chi connectivity index (χ1v) is 6.75. The fraction of sp³-hybridized carbons (Fsp3) is 0.923. The summed E-state index contributed by atoms with van der Waals surface area (Å²) in [6, 6.07) is 0.715. The highest BCUT2D eigenvalue weighted by Gasteiger charge is 2.22. The van der Waals surface area contributed by atoms with E-state index < -0.39 is 0 Å². The minimum atomic E-state index is -0.177. The Hall–Kier alpha value is -0.570. The van der Waals surface area contributed by atoms with Crippen molar-refractivity contribution in [1.82, 2.24) is 5.32 Å². The smallest absolute Gasteiger partial charge is 0.217 e. The summed E-state index contributed by atoms with van der Waals surface area (Å²) in [5.41, 5.74) is 5.10. The van der Waals surface area contributed by atoms with Gasteiger partial charge in [-0.05, 0) is 38.1 Å². The first-order chi connectivity index (χ1) is 7.74. The predicted octanol–water partition coefficient (Wildman–Crippen LogP) is 2.20. The third-order valence-corrected chi connectivity index (χ3v) is 3.69. The van der Waals surface area contributed by atoms with Crippen molar-refractivity contribution in [3.63, 3.8) is 0 Å². The summed E-state index contributed by atoms with van der Waals surface area (Å²) in [6.45, 7) is 3.33. The Morgan fingerprint density at radius 1 is 1.31 bits per heavy atom. The first kappa shape index (κ1) is 13.5. The minimum Gasteiger partial charge on any atom is -0.370 e. The van der Waals surface area contributed by atoms with E-state index in [2.05, 4.69) is 12.2 Å². The molecule has 0 aliphatic heterocycles. The molecule has 1 amide bonds. The van der Waals surface area contributed by atoms with Crippen LogP contribution in [0.4, 0.5) is 0 Å². The maximum atomic E-state index is 10.6. The van der Waals surface area contributed by atoms with Gasteiger partial charge in [0.1, 0.15) is 0 Å². The number of carbonyl (C=O) groups is 1. The monoisotopic (exact) mass is 226 g/mol. The molecule has 3 nitrogen and oxygen atoms in total. The van der Waals surface area contributed by atoms with E-state index in [1.165, 1.54) is 32.1 Å². The number of primary amides is 1. The largest absolute Gasteiger partial charge is 0.370 e. The number of hydrogen-bond acceptors (Lipinski definition) is 2. The molecule has 3 heteroatoms. The average Bonchev–Trinajstić information content (AvgIpc) is 2.29. The zero-order valence-electron chi connectivity index (χ0n) is 10.5. The lowest BCUT2D eigenvalue weighted by Crippen LogP contribution is -2.38. The van der Waals surface area contributed by atoms with Crippen LogP contribution in [0.25, 0.3) is 0 Å². The Morgan fingerprint density at radius 2 is 2.06 bits per heavy atom. The molecule has 1 aliphatic carbocycles. The highest BCUT2D eigenvalue weighted by atomic mass is 16.1. The summed E-state index contributed by atoms with van der Waals surface area (Å²) in [7, 11) is 0. The second kappa shape index (κ2) is 7.66. The quantitative estimate of drug-likeness (QED) is 0.654. The molecule has 0 radical (unpaired) electrons. The number of carbonyl (C=O) groups excluding carboxylic acids is 1. The Balaban J connectivity index is 2.08. The molecule has 0 aromatic carbocycles. The average molecular weight is 226 g/mol. The van der Waals surface area contributed by atoms with Crippen LogP contribution in [0.5, 0.6) is 0 Å². The van der Waals surface area contributed by atoms with Crippen LogP contribution in [0.3, 0.4) is 0 Å². The number of nitrogens with two attached hydrogens (primary N) is 1. The highest BCUT2D eigenvalue weighted by molar-refractivity contribution is 5.73. The number of hydrogen-bond donors (Lipinski definition) is 2.